The van der Waals surface area contributed by atoms with Gasteiger partial charge in [0.25, 0.3) is 0 Å². The van der Waals surface area contributed by atoms with Gasteiger partial charge in [-0.2, -0.15) is 0 Å². The summed E-state index contributed by atoms with van der Waals surface area (Å²) in [6.45, 7) is 6.78. The van der Waals surface area contributed by atoms with E-state index in [2.05, 4.69) is 50.6 Å². The Morgan fingerprint density at radius 1 is 1.00 bits per heavy atom. The Balaban J connectivity index is 2.61. The van der Waals surface area contributed by atoms with Gasteiger partial charge in [-0.25, -0.2) is 0 Å². The highest BCUT2D eigenvalue weighted by Gasteiger charge is 2.13. The third-order valence-electron chi connectivity index (χ3n) is 2.43. The summed E-state index contributed by atoms with van der Waals surface area (Å²) < 4.78 is 0. The number of rotatable bonds is 0. The van der Waals surface area contributed by atoms with Gasteiger partial charge < -0.3 is 0 Å². The Kier molecular flexibility index (Phi) is 1.96. The lowest BCUT2D eigenvalue weighted by atomic mass is 9.86. The molecular weight excluding hydrogens is 175 g/mol. The Morgan fingerprint density at radius 2 is 1.69 bits per heavy atom. The zero-order valence-corrected chi connectivity index (χ0v) is 9.39. The molecule has 1 unspecified atom stereocenters. The van der Waals surface area contributed by atoms with Crippen LogP contribution in [0.15, 0.2) is 29.8 Å². The third-order valence-corrected chi connectivity index (χ3v) is 3.39. The lowest BCUT2D eigenvalue weighted by Crippen LogP contribution is -2.10. The molecule has 13 heavy (non-hydrogen) atoms. The molecular formula is C12H15P. The summed E-state index contributed by atoms with van der Waals surface area (Å²) in [4.78, 5) is 0. The molecule has 0 amide bonds. The van der Waals surface area contributed by atoms with E-state index < -0.39 is 0 Å². The molecule has 1 heterocycles. The van der Waals surface area contributed by atoms with Gasteiger partial charge in [0.15, 0.2) is 0 Å². The molecule has 68 valence electrons. The Bertz CT molecular complexity index is 418. The summed E-state index contributed by atoms with van der Waals surface area (Å²) in [6.07, 6.45) is 0. The van der Waals surface area contributed by atoms with Crippen molar-refractivity contribution in [1.82, 2.24) is 0 Å². The highest BCUT2D eigenvalue weighted by atomic mass is 31.0. The van der Waals surface area contributed by atoms with Crippen LogP contribution in [0, 0.1) is 0 Å². The summed E-state index contributed by atoms with van der Waals surface area (Å²) in [5.74, 6) is 4.63. The zero-order valence-electron chi connectivity index (χ0n) is 8.39. The van der Waals surface area contributed by atoms with E-state index in [-0.39, 0.29) is 5.41 Å². The van der Waals surface area contributed by atoms with Gasteiger partial charge in [-0.1, -0.05) is 39.0 Å². The van der Waals surface area contributed by atoms with Gasteiger partial charge in [-0.3, -0.25) is 0 Å². The monoisotopic (exact) mass is 190 g/mol. The van der Waals surface area contributed by atoms with Crippen LogP contribution in [0.1, 0.15) is 26.3 Å². The van der Waals surface area contributed by atoms with E-state index in [0.717, 1.165) is 8.19 Å². The van der Waals surface area contributed by atoms with Crippen LogP contribution in [0.2, 0.25) is 0 Å². The van der Waals surface area contributed by atoms with Gasteiger partial charge >= 0.3 is 0 Å². The predicted molar refractivity (Wildman–Crippen MR) is 62.1 cm³/mol. The molecule has 2 aromatic rings. The number of fused-ring (bicyclic) bond motifs is 1. The van der Waals surface area contributed by atoms with Gasteiger partial charge in [-0.05, 0) is 33.3 Å². The number of hydrogen-bond donors (Lipinski definition) is 0. The molecule has 0 fully saturated rings. The molecule has 2 rings (SSSR count). The van der Waals surface area contributed by atoms with E-state index in [0.29, 0.717) is 0 Å². The average molecular weight is 190 g/mol. The van der Waals surface area contributed by atoms with Crippen LogP contribution >= 0.6 is 8.19 Å². The van der Waals surface area contributed by atoms with Crippen molar-refractivity contribution in [3.05, 3.63) is 35.4 Å². The molecule has 0 N–H and O–H groups in total. The van der Waals surface area contributed by atoms with E-state index in [9.17, 15) is 0 Å². The zero-order chi connectivity index (χ0) is 9.47. The Labute approximate surface area is 81.1 Å². The number of benzene rings is 1. The van der Waals surface area contributed by atoms with Crippen LogP contribution < -0.4 is 0 Å². The normalized spacial score (nSPS) is 12.8. The van der Waals surface area contributed by atoms with Crippen LogP contribution in [0.3, 0.4) is 0 Å². The van der Waals surface area contributed by atoms with Crippen molar-refractivity contribution < 1.29 is 0 Å². The van der Waals surface area contributed by atoms with Crippen molar-refractivity contribution in [2.24, 2.45) is 0 Å². The SMILES string of the molecule is CC(C)(C)c1ccc2c[pH]cc2c1. The maximum atomic E-state index is 2.33. The van der Waals surface area contributed by atoms with Crippen LogP contribution in [0.4, 0.5) is 0 Å². The fourth-order valence-corrected chi connectivity index (χ4v) is 2.47. The van der Waals surface area contributed by atoms with Gasteiger partial charge in [0.2, 0.25) is 0 Å². The molecule has 0 bridgehead atoms. The smallest absolute Gasteiger partial charge is 0.0132 e. The fraction of sp³-hybridized carbons (Fsp3) is 0.333. The summed E-state index contributed by atoms with van der Waals surface area (Å²) in [5.41, 5.74) is 1.71. The largest absolute Gasteiger partial charge is 0.139 e. The predicted octanol–water partition coefficient (Wildman–Crippen LogP) is 4.17. The summed E-state index contributed by atoms with van der Waals surface area (Å²) >= 11 is 0. The first-order chi connectivity index (χ1) is 6.07. The maximum absolute atomic E-state index is 2.33. The van der Waals surface area contributed by atoms with Crippen molar-refractivity contribution in [2.45, 2.75) is 26.2 Å². The van der Waals surface area contributed by atoms with Gasteiger partial charge in [0.05, 0.1) is 0 Å². The first-order valence-corrected chi connectivity index (χ1v) is 5.80. The van der Waals surface area contributed by atoms with Crippen molar-refractivity contribution in [3.8, 4) is 0 Å². The standard InChI is InChI=1S/C12H15P/c1-12(2,3)11-5-4-9-7-13-8-10(9)6-11/h4-8,13H,1-3H3. The third kappa shape index (κ3) is 1.64. The van der Waals surface area contributed by atoms with E-state index >= 15 is 0 Å². The lowest BCUT2D eigenvalue weighted by Gasteiger charge is -2.18. The minimum atomic E-state index is 0.272. The van der Waals surface area contributed by atoms with Crippen LogP contribution in [0.25, 0.3) is 10.8 Å². The van der Waals surface area contributed by atoms with E-state index in [1.807, 2.05) is 0 Å². The van der Waals surface area contributed by atoms with Crippen LogP contribution in [-0.2, 0) is 5.41 Å². The second-order valence-electron chi connectivity index (χ2n) is 4.55. The van der Waals surface area contributed by atoms with E-state index in [1.165, 1.54) is 16.3 Å². The Hall–Kier alpha value is -0.740. The summed E-state index contributed by atoms with van der Waals surface area (Å²) in [6, 6.07) is 6.82. The summed E-state index contributed by atoms with van der Waals surface area (Å²) in [5, 5.41) is 2.83. The minimum Gasteiger partial charge on any atom is -0.139 e. The second-order valence-corrected chi connectivity index (χ2v) is 5.46. The molecule has 1 atom stereocenters. The second kappa shape index (κ2) is 2.89. The molecule has 0 aliphatic carbocycles. The van der Waals surface area contributed by atoms with Crippen molar-refractivity contribution >= 4 is 19.0 Å². The highest BCUT2D eigenvalue weighted by Crippen LogP contribution is 2.28. The Morgan fingerprint density at radius 3 is 2.38 bits per heavy atom. The van der Waals surface area contributed by atoms with E-state index in [4.69, 9.17) is 0 Å². The van der Waals surface area contributed by atoms with Crippen molar-refractivity contribution in [2.75, 3.05) is 0 Å². The lowest BCUT2D eigenvalue weighted by molar-refractivity contribution is 0.591. The molecule has 0 aliphatic heterocycles. The highest BCUT2D eigenvalue weighted by molar-refractivity contribution is 7.29. The molecule has 0 radical (unpaired) electrons. The first kappa shape index (κ1) is 8.84. The minimum absolute atomic E-state index is 0.272. The average Bonchev–Trinajstić information content (AvgIpc) is 2.47. The van der Waals surface area contributed by atoms with Gasteiger partial charge in [-0.15, -0.1) is 8.19 Å². The first-order valence-electron chi connectivity index (χ1n) is 4.64. The molecule has 0 spiro atoms. The van der Waals surface area contributed by atoms with Gasteiger partial charge in [0, 0.05) is 0 Å². The molecule has 1 aromatic carbocycles. The van der Waals surface area contributed by atoms with E-state index in [1.54, 1.807) is 0 Å². The molecule has 0 saturated carbocycles. The fourth-order valence-electron chi connectivity index (χ4n) is 1.52. The van der Waals surface area contributed by atoms with Crippen molar-refractivity contribution in [3.63, 3.8) is 0 Å². The summed E-state index contributed by atoms with van der Waals surface area (Å²) in [7, 11) is 0.876. The van der Waals surface area contributed by atoms with Crippen LogP contribution in [-0.4, -0.2) is 0 Å². The maximum Gasteiger partial charge on any atom is -0.0132 e. The van der Waals surface area contributed by atoms with Gasteiger partial charge in [0.1, 0.15) is 0 Å². The molecule has 0 aliphatic rings. The van der Waals surface area contributed by atoms with Crippen LogP contribution in [0.5, 0.6) is 0 Å². The molecule has 1 aromatic heterocycles. The molecule has 1 heteroatoms. The quantitative estimate of drug-likeness (QED) is 0.585. The topological polar surface area (TPSA) is 0 Å². The molecule has 0 saturated heterocycles. The van der Waals surface area contributed by atoms with Crippen molar-refractivity contribution in [1.29, 1.82) is 0 Å². The molecule has 0 nitrogen and oxygen atoms in total. The number of hydrogen-bond acceptors (Lipinski definition) is 0.